The number of hydrogen-bond acceptors (Lipinski definition) is 4. The first kappa shape index (κ1) is 16.7. The molecule has 0 saturated heterocycles. The average Bonchev–Trinajstić information content (AvgIpc) is 3.00. The van der Waals surface area contributed by atoms with Gasteiger partial charge in [0.1, 0.15) is 5.76 Å². The van der Waals surface area contributed by atoms with Gasteiger partial charge in [0.25, 0.3) is 0 Å². The molecule has 0 spiro atoms. The predicted molar refractivity (Wildman–Crippen MR) is 90.5 cm³/mol. The highest BCUT2D eigenvalue weighted by Crippen LogP contribution is 2.20. The Balaban J connectivity index is 2.00. The Morgan fingerprint density at radius 3 is 2.74 bits per heavy atom. The minimum absolute atomic E-state index is 0.0380. The van der Waals surface area contributed by atoms with E-state index >= 15 is 0 Å². The Morgan fingerprint density at radius 2 is 2.09 bits per heavy atom. The highest BCUT2D eigenvalue weighted by Gasteiger charge is 2.12. The highest BCUT2D eigenvalue weighted by molar-refractivity contribution is 7.80. The number of anilines is 1. The average molecular weight is 351 g/mol. The van der Waals surface area contributed by atoms with Crippen LogP contribution in [0.2, 0.25) is 5.02 Å². The van der Waals surface area contributed by atoms with Crippen LogP contribution in [0.25, 0.3) is 6.08 Å². The molecule has 1 aromatic carbocycles. The van der Waals surface area contributed by atoms with Crippen molar-refractivity contribution in [1.82, 2.24) is 5.32 Å². The number of amides is 1. The van der Waals surface area contributed by atoms with E-state index in [-0.39, 0.29) is 21.4 Å². The maximum atomic E-state index is 11.7. The van der Waals surface area contributed by atoms with Crippen LogP contribution in [0.15, 0.2) is 47.1 Å². The van der Waals surface area contributed by atoms with Gasteiger partial charge in [-0.2, -0.15) is 0 Å². The molecular formula is C15H11ClN2O4S. The van der Waals surface area contributed by atoms with Crippen molar-refractivity contribution in [3.05, 3.63) is 59.0 Å². The second-order valence-corrected chi connectivity index (χ2v) is 5.13. The lowest BCUT2D eigenvalue weighted by Crippen LogP contribution is -2.33. The zero-order chi connectivity index (χ0) is 16.8. The topological polar surface area (TPSA) is 91.6 Å². The molecule has 118 valence electrons. The van der Waals surface area contributed by atoms with Crippen LogP contribution in [0.4, 0.5) is 5.69 Å². The highest BCUT2D eigenvalue weighted by atomic mass is 35.5. The van der Waals surface area contributed by atoms with E-state index in [0.29, 0.717) is 5.76 Å². The van der Waals surface area contributed by atoms with E-state index in [1.807, 2.05) is 0 Å². The molecule has 0 aliphatic rings. The number of nitrogens with one attached hydrogen (secondary N) is 2. The molecule has 1 amide bonds. The normalized spacial score (nSPS) is 10.5. The van der Waals surface area contributed by atoms with E-state index in [1.54, 1.807) is 12.1 Å². The number of benzene rings is 1. The van der Waals surface area contributed by atoms with Crippen molar-refractivity contribution in [3.8, 4) is 0 Å². The summed E-state index contributed by atoms with van der Waals surface area (Å²) in [6, 6.07) is 7.64. The number of halogens is 1. The van der Waals surface area contributed by atoms with E-state index in [9.17, 15) is 9.59 Å². The van der Waals surface area contributed by atoms with Gasteiger partial charge in [0, 0.05) is 11.1 Å². The van der Waals surface area contributed by atoms with Crippen LogP contribution in [0.3, 0.4) is 0 Å². The monoisotopic (exact) mass is 350 g/mol. The minimum atomic E-state index is -1.16. The number of rotatable bonds is 4. The number of carboxylic acids is 1. The van der Waals surface area contributed by atoms with Crippen LogP contribution in [0.5, 0.6) is 0 Å². The van der Waals surface area contributed by atoms with E-state index in [0.717, 1.165) is 0 Å². The fraction of sp³-hybridized carbons (Fsp3) is 0. The molecule has 0 saturated carbocycles. The molecule has 8 heteroatoms. The molecule has 1 aromatic heterocycles. The number of carbonyl (C=O) groups is 2. The molecule has 6 nitrogen and oxygen atoms in total. The summed E-state index contributed by atoms with van der Waals surface area (Å²) >= 11 is 10.7. The zero-order valence-corrected chi connectivity index (χ0v) is 13.1. The molecule has 0 bridgehead atoms. The molecule has 0 aliphatic carbocycles. The summed E-state index contributed by atoms with van der Waals surface area (Å²) in [7, 11) is 0. The van der Waals surface area contributed by atoms with Gasteiger partial charge in [-0.3, -0.25) is 10.1 Å². The molecule has 2 aromatic rings. The van der Waals surface area contributed by atoms with E-state index < -0.39 is 11.9 Å². The minimum Gasteiger partial charge on any atom is -0.478 e. The van der Waals surface area contributed by atoms with Crippen molar-refractivity contribution < 1.29 is 19.1 Å². The van der Waals surface area contributed by atoms with Crippen molar-refractivity contribution >= 4 is 52.6 Å². The number of carbonyl (C=O) groups excluding carboxylic acids is 1. The number of thiocarbonyl (C=S) groups is 1. The van der Waals surface area contributed by atoms with Gasteiger partial charge in [-0.15, -0.1) is 0 Å². The molecule has 1 heterocycles. The summed E-state index contributed by atoms with van der Waals surface area (Å²) in [4.78, 5) is 22.9. The second kappa shape index (κ2) is 7.57. The molecule has 0 aliphatic heterocycles. The second-order valence-electron chi connectivity index (χ2n) is 4.29. The van der Waals surface area contributed by atoms with Gasteiger partial charge in [0.05, 0.1) is 17.5 Å². The summed E-state index contributed by atoms with van der Waals surface area (Å²) < 4.78 is 5.04. The maximum Gasteiger partial charge on any atom is 0.337 e. The van der Waals surface area contributed by atoms with Gasteiger partial charge in [-0.05, 0) is 48.6 Å². The van der Waals surface area contributed by atoms with Crippen molar-refractivity contribution in [3.63, 3.8) is 0 Å². The lowest BCUT2D eigenvalue weighted by molar-refractivity contribution is -0.115. The molecule has 0 fully saturated rings. The van der Waals surface area contributed by atoms with Crippen LogP contribution in [0, 0.1) is 0 Å². The SMILES string of the molecule is O=C(/C=C/c1ccco1)NC(=S)Nc1ccc(Cl)cc1C(=O)O. The van der Waals surface area contributed by atoms with Crippen molar-refractivity contribution in [2.24, 2.45) is 0 Å². The van der Waals surface area contributed by atoms with E-state index in [4.69, 9.17) is 33.3 Å². The number of hydrogen-bond donors (Lipinski definition) is 3. The molecule has 0 atom stereocenters. The summed E-state index contributed by atoms with van der Waals surface area (Å²) in [5.41, 5.74) is 0.169. The first-order valence-electron chi connectivity index (χ1n) is 6.32. The molecule has 3 N–H and O–H groups in total. The third kappa shape index (κ3) is 4.94. The third-order valence-corrected chi connectivity index (χ3v) is 3.08. The van der Waals surface area contributed by atoms with Gasteiger partial charge in [-0.25, -0.2) is 4.79 Å². The molecular weight excluding hydrogens is 340 g/mol. The molecule has 2 rings (SSSR count). The van der Waals surface area contributed by atoms with Gasteiger partial charge in [0.15, 0.2) is 5.11 Å². The summed E-state index contributed by atoms with van der Waals surface area (Å²) in [5, 5.41) is 14.4. The van der Waals surface area contributed by atoms with Crippen LogP contribution in [0.1, 0.15) is 16.1 Å². The number of furan rings is 1. The van der Waals surface area contributed by atoms with Crippen molar-refractivity contribution in [2.45, 2.75) is 0 Å². The van der Waals surface area contributed by atoms with Gasteiger partial charge in [0.2, 0.25) is 5.91 Å². The molecule has 23 heavy (non-hydrogen) atoms. The lowest BCUT2D eigenvalue weighted by Gasteiger charge is -2.11. The number of carboxylic acid groups (broad SMARTS) is 1. The Hall–Kier alpha value is -2.64. The third-order valence-electron chi connectivity index (χ3n) is 2.64. The van der Waals surface area contributed by atoms with Crippen LogP contribution >= 0.6 is 23.8 Å². The quantitative estimate of drug-likeness (QED) is 0.579. The van der Waals surface area contributed by atoms with Gasteiger partial charge in [-0.1, -0.05) is 11.6 Å². The standard InChI is InChI=1S/C15H11ClN2O4S/c16-9-3-5-12(11(8-9)14(20)21)17-15(23)18-13(19)6-4-10-2-1-7-22-10/h1-8H,(H,20,21)(H2,17,18,19,23)/b6-4+. The largest absolute Gasteiger partial charge is 0.478 e. The maximum absolute atomic E-state index is 11.7. The van der Waals surface area contributed by atoms with Crippen LogP contribution in [-0.4, -0.2) is 22.1 Å². The lowest BCUT2D eigenvalue weighted by atomic mass is 10.2. The predicted octanol–water partition coefficient (Wildman–Crippen LogP) is 3.16. The Bertz CT molecular complexity index is 772. The smallest absolute Gasteiger partial charge is 0.337 e. The van der Waals surface area contributed by atoms with Crippen molar-refractivity contribution in [1.29, 1.82) is 0 Å². The fourth-order valence-electron chi connectivity index (χ4n) is 1.65. The van der Waals surface area contributed by atoms with Crippen LogP contribution < -0.4 is 10.6 Å². The van der Waals surface area contributed by atoms with Gasteiger partial charge < -0.3 is 14.8 Å². The Kier molecular flexibility index (Phi) is 5.51. The summed E-state index contributed by atoms with van der Waals surface area (Å²) in [6.07, 6.45) is 4.20. The van der Waals surface area contributed by atoms with E-state index in [1.165, 1.54) is 36.6 Å². The van der Waals surface area contributed by atoms with Gasteiger partial charge >= 0.3 is 5.97 Å². The zero-order valence-electron chi connectivity index (χ0n) is 11.6. The number of aromatic carboxylic acids is 1. The summed E-state index contributed by atoms with van der Waals surface area (Å²) in [6.45, 7) is 0. The first-order chi connectivity index (χ1) is 11.0. The Morgan fingerprint density at radius 1 is 1.30 bits per heavy atom. The van der Waals surface area contributed by atoms with Crippen molar-refractivity contribution in [2.75, 3.05) is 5.32 Å². The molecule has 0 unspecified atom stereocenters. The first-order valence-corrected chi connectivity index (χ1v) is 7.11. The Labute approximate surface area is 141 Å². The van der Waals surface area contributed by atoms with E-state index in [2.05, 4.69) is 10.6 Å². The molecule has 0 radical (unpaired) electrons. The fourth-order valence-corrected chi connectivity index (χ4v) is 2.04. The summed E-state index contributed by atoms with van der Waals surface area (Å²) in [5.74, 6) is -1.13. The van der Waals surface area contributed by atoms with Crippen LogP contribution in [-0.2, 0) is 4.79 Å².